The number of aromatic nitrogens is 2. The van der Waals surface area contributed by atoms with E-state index in [2.05, 4.69) is 10.2 Å². The molecule has 0 unspecified atom stereocenters. The van der Waals surface area contributed by atoms with E-state index >= 15 is 0 Å². The third-order valence-electron chi connectivity index (χ3n) is 4.81. The first-order chi connectivity index (χ1) is 14.5. The lowest BCUT2D eigenvalue weighted by atomic mass is 10.1. The van der Waals surface area contributed by atoms with Crippen molar-refractivity contribution in [3.63, 3.8) is 0 Å². The number of nitrogens with zero attached hydrogens (tertiary/aromatic N) is 3. The summed E-state index contributed by atoms with van der Waals surface area (Å²) in [6.45, 7) is 0.187. The van der Waals surface area contributed by atoms with Crippen LogP contribution in [0, 0.1) is 0 Å². The Morgan fingerprint density at radius 3 is 2.57 bits per heavy atom. The van der Waals surface area contributed by atoms with E-state index in [0.29, 0.717) is 44.5 Å². The average Bonchev–Trinajstić information content (AvgIpc) is 3.49. The molecular weight excluding hydrogens is 429 g/mol. The molecule has 0 radical (unpaired) electrons. The minimum Gasteiger partial charge on any atom is -0.493 e. The molecule has 1 heterocycles. The lowest BCUT2D eigenvalue weighted by Crippen LogP contribution is -2.32. The topological polar surface area (TPSA) is 77.7 Å². The molecular formula is C21H19Cl2N3O4. The van der Waals surface area contributed by atoms with E-state index in [1.54, 1.807) is 29.2 Å². The van der Waals surface area contributed by atoms with Crippen LogP contribution in [-0.2, 0) is 6.54 Å². The smallest absolute Gasteiger partial charge is 0.254 e. The minimum absolute atomic E-state index is 0.111. The van der Waals surface area contributed by atoms with Crippen LogP contribution in [0.15, 0.2) is 40.8 Å². The second kappa shape index (κ2) is 8.53. The number of methoxy groups -OCH3 is 2. The van der Waals surface area contributed by atoms with Gasteiger partial charge in [0.2, 0.25) is 11.8 Å². The van der Waals surface area contributed by atoms with Crippen LogP contribution in [-0.4, -0.2) is 41.3 Å². The van der Waals surface area contributed by atoms with Gasteiger partial charge in [0, 0.05) is 11.6 Å². The Kier molecular flexibility index (Phi) is 5.83. The molecule has 1 aliphatic carbocycles. The predicted molar refractivity (Wildman–Crippen MR) is 112 cm³/mol. The fourth-order valence-corrected chi connectivity index (χ4v) is 3.67. The summed E-state index contributed by atoms with van der Waals surface area (Å²) in [5.41, 5.74) is 1.05. The fraction of sp³-hybridized carbons (Fsp3) is 0.286. The van der Waals surface area contributed by atoms with Crippen LogP contribution in [0.5, 0.6) is 11.5 Å². The Balaban J connectivity index is 1.59. The maximum Gasteiger partial charge on any atom is 0.254 e. The molecule has 1 fully saturated rings. The number of rotatable bonds is 7. The highest BCUT2D eigenvalue weighted by Crippen LogP contribution is 2.38. The molecule has 1 saturated carbocycles. The highest BCUT2D eigenvalue weighted by atomic mass is 35.5. The Morgan fingerprint density at radius 2 is 1.90 bits per heavy atom. The molecule has 2 aromatic carbocycles. The van der Waals surface area contributed by atoms with Gasteiger partial charge >= 0.3 is 0 Å². The van der Waals surface area contributed by atoms with Crippen LogP contribution in [0.4, 0.5) is 0 Å². The van der Waals surface area contributed by atoms with Crippen molar-refractivity contribution in [1.82, 2.24) is 15.1 Å². The zero-order valence-electron chi connectivity index (χ0n) is 16.4. The maximum absolute atomic E-state index is 13.2. The Labute approximate surface area is 183 Å². The fourth-order valence-electron chi connectivity index (χ4n) is 3.17. The van der Waals surface area contributed by atoms with E-state index in [1.165, 1.54) is 14.2 Å². The molecule has 0 aliphatic heterocycles. The van der Waals surface area contributed by atoms with E-state index < -0.39 is 0 Å². The van der Waals surface area contributed by atoms with Gasteiger partial charge in [0.1, 0.15) is 0 Å². The molecule has 9 heteroatoms. The van der Waals surface area contributed by atoms with Crippen molar-refractivity contribution in [3.8, 4) is 23.0 Å². The average molecular weight is 448 g/mol. The van der Waals surface area contributed by atoms with Crippen molar-refractivity contribution in [2.24, 2.45) is 0 Å². The number of halogens is 2. The maximum atomic E-state index is 13.2. The van der Waals surface area contributed by atoms with Crippen LogP contribution in [0.2, 0.25) is 10.0 Å². The number of hydrogen-bond acceptors (Lipinski definition) is 6. The molecule has 156 valence electrons. The molecule has 0 atom stereocenters. The summed E-state index contributed by atoms with van der Waals surface area (Å²) in [5.74, 6) is 1.22. The van der Waals surface area contributed by atoms with Crippen LogP contribution in [0.25, 0.3) is 11.5 Å². The standard InChI is InChI=1S/C21H19Cl2N3O4/c1-28-17-10-12(9-16(23)19(17)29-2)21(27)26(13-7-8-13)11-18-24-25-20(30-18)14-5-3-4-6-15(14)22/h3-6,9-10,13H,7-8,11H2,1-2H3. The number of hydrogen-bond donors (Lipinski definition) is 0. The predicted octanol–water partition coefficient (Wildman–Crippen LogP) is 4.87. The molecule has 0 bridgehead atoms. The van der Waals surface area contributed by atoms with Crippen molar-refractivity contribution in [1.29, 1.82) is 0 Å². The van der Waals surface area contributed by atoms with Gasteiger partial charge in [-0.1, -0.05) is 35.3 Å². The van der Waals surface area contributed by atoms with Gasteiger partial charge in [-0.15, -0.1) is 10.2 Å². The summed E-state index contributed by atoms with van der Waals surface area (Å²) < 4.78 is 16.3. The Bertz CT molecular complexity index is 1080. The second-order valence-corrected chi connectivity index (χ2v) is 7.65. The van der Waals surface area contributed by atoms with Crippen LogP contribution in [0.3, 0.4) is 0 Å². The number of carbonyl (C=O) groups is 1. The Morgan fingerprint density at radius 1 is 1.13 bits per heavy atom. The van der Waals surface area contributed by atoms with Gasteiger partial charge in [0.15, 0.2) is 11.5 Å². The molecule has 0 saturated heterocycles. The van der Waals surface area contributed by atoms with Gasteiger partial charge in [0.25, 0.3) is 5.91 Å². The third-order valence-corrected chi connectivity index (χ3v) is 5.42. The Hall–Kier alpha value is -2.77. The third kappa shape index (κ3) is 4.08. The number of carbonyl (C=O) groups excluding carboxylic acids is 1. The largest absolute Gasteiger partial charge is 0.493 e. The summed E-state index contributed by atoms with van der Waals surface area (Å²) in [7, 11) is 2.99. The summed E-state index contributed by atoms with van der Waals surface area (Å²) >= 11 is 12.5. The second-order valence-electron chi connectivity index (χ2n) is 6.84. The highest BCUT2D eigenvalue weighted by Gasteiger charge is 2.35. The van der Waals surface area contributed by atoms with E-state index in [0.717, 1.165) is 12.8 Å². The molecule has 0 spiro atoms. The number of benzene rings is 2. The quantitative estimate of drug-likeness (QED) is 0.514. The van der Waals surface area contributed by atoms with Crippen molar-refractivity contribution >= 4 is 29.1 Å². The van der Waals surface area contributed by atoms with Gasteiger partial charge in [0.05, 0.1) is 36.4 Å². The highest BCUT2D eigenvalue weighted by molar-refractivity contribution is 6.33. The molecule has 0 N–H and O–H groups in total. The molecule has 1 amide bonds. The number of ether oxygens (including phenoxy) is 2. The lowest BCUT2D eigenvalue weighted by molar-refractivity contribution is 0.0714. The van der Waals surface area contributed by atoms with E-state index in [-0.39, 0.29) is 18.5 Å². The molecule has 4 rings (SSSR count). The molecule has 1 aromatic heterocycles. The molecule has 3 aromatic rings. The minimum atomic E-state index is -0.196. The van der Waals surface area contributed by atoms with E-state index in [1.807, 2.05) is 12.1 Å². The summed E-state index contributed by atoms with van der Waals surface area (Å²) in [4.78, 5) is 15.0. The van der Waals surface area contributed by atoms with E-state index in [4.69, 9.17) is 37.1 Å². The molecule has 1 aliphatic rings. The summed E-state index contributed by atoms with van der Waals surface area (Å²) in [6, 6.07) is 10.5. The first-order valence-corrected chi connectivity index (χ1v) is 10.1. The lowest BCUT2D eigenvalue weighted by Gasteiger charge is -2.21. The zero-order chi connectivity index (χ0) is 21.3. The van der Waals surface area contributed by atoms with Crippen molar-refractivity contribution < 1.29 is 18.7 Å². The first kappa shape index (κ1) is 20.5. The summed E-state index contributed by atoms with van der Waals surface area (Å²) in [6.07, 6.45) is 1.83. The van der Waals surface area contributed by atoms with Gasteiger partial charge < -0.3 is 18.8 Å². The van der Waals surface area contributed by atoms with Gasteiger partial charge in [-0.25, -0.2) is 0 Å². The SMILES string of the molecule is COc1cc(C(=O)N(Cc2nnc(-c3ccccc3Cl)o2)C2CC2)cc(Cl)c1OC. The van der Waals surface area contributed by atoms with Crippen LogP contribution < -0.4 is 9.47 Å². The van der Waals surface area contributed by atoms with Crippen molar-refractivity contribution in [3.05, 3.63) is 57.9 Å². The van der Waals surface area contributed by atoms with Crippen molar-refractivity contribution in [2.75, 3.05) is 14.2 Å². The van der Waals surface area contributed by atoms with Gasteiger partial charge in [-0.3, -0.25) is 4.79 Å². The van der Waals surface area contributed by atoms with E-state index in [9.17, 15) is 4.79 Å². The van der Waals surface area contributed by atoms with Crippen LogP contribution >= 0.6 is 23.2 Å². The number of amides is 1. The summed E-state index contributed by atoms with van der Waals surface area (Å²) in [5, 5.41) is 9.00. The van der Waals surface area contributed by atoms with Gasteiger partial charge in [-0.05, 0) is 37.1 Å². The van der Waals surface area contributed by atoms with Crippen LogP contribution in [0.1, 0.15) is 29.1 Å². The van der Waals surface area contributed by atoms with Gasteiger partial charge in [-0.2, -0.15) is 0 Å². The zero-order valence-corrected chi connectivity index (χ0v) is 17.9. The monoisotopic (exact) mass is 447 g/mol. The van der Waals surface area contributed by atoms with Crippen molar-refractivity contribution in [2.45, 2.75) is 25.4 Å². The first-order valence-electron chi connectivity index (χ1n) is 9.31. The molecule has 7 nitrogen and oxygen atoms in total. The normalized spacial score (nSPS) is 13.2. The molecule has 30 heavy (non-hydrogen) atoms.